The lowest BCUT2D eigenvalue weighted by molar-refractivity contribution is -0.123. The molecule has 9 nitrogen and oxygen atoms in total. The topological polar surface area (TPSA) is 103 Å². The Bertz CT molecular complexity index is 563. The molecule has 0 atom stereocenters. The molecule has 0 spiro atoms. The molecular formula is C16H34IN5O4S. The molecule has 1 amide bonds. The van der Waals surface area contributed by atoms with Crippen LogP contribution in [0.5, 0.6) is 0 Å². The van der Waals surface area contributed by atoms with E-state index in [9.17, 15) is 13.2 Å². The van der Waals surface area contributed by atoms with Crippen LogP contribution in [0.3, 0.4) is 0 Å². The van der Waals surface area contributed by atoms with Crippen molar-refractivity contribution < 1.29 is 17.9 Å². The molecule has 0 unspecified atom stereocenters. The first-order chi connectivity index (χ1) is 12.2. The molecule has 27 heavy (non-hydrogen) atoms. The lowest BCUT2D eigenvalue weighted by atomic mass is 10.3. The Morgan fingerprint density at radius 1 is 1.19 bits per heavy atom. The van der Waals surface area contributed by atoms with E-state index in [1.165, 1.54) is 6.26 Å². The smallest absolute Gasteiger partial charge is 0.234 e. The molecule has 0 aromatic heterocycles. The lowest BCUT2D eigenvalue weighted by Crippen LogP contribution is -2.54. The highest BCUT2D eigenvalue weighted by Gasteiger charge is 2.21. The van der Waals surface area contributed by atoms with Gasteiger partial charge < -0.3 is 20.3 Å². The zero-order valence-corrected chi connectivity index (χ0v) is 19.9. The van der Waals surface area contributed by atoms with Gasteiger partial charge in [0.2, 0.25) is 5.91 Å². The Morgan fingerprint density at radius 3 is 2.33 bits per heavy atom. The monoisotopic (exact) mass is 519 g/mol. The van der Waals surface area contributed by atoms with Crippen LogP contribution in [0.25, 0.3) is 0 Å². The van der Waals surface area contributed by atoms with Crippen LogP contribution in [0.2, 0.25) is 0 Å². The van der Waals surface area contributed by atoms with Gasteiger partial charge in [0.05, 0.1) is 25.5 Å². The predicted molar refractivity (Wildman–Crippen MR) is 119 cm³/mol. The van der Waals surface area contributed by atoms with E-state index in [1.54, 1.807) is 7.05 Å². The number of ether oxygens (including phenoxy) is 1. The molecule has 0 aliphatic carbocycles. The molecule has 160 valence electrons. The number of rotatable bonds is 9. The second-order valence-corrected chi connectivity index (χ2v) is 8.96. The van der Waals surface area contributed by atoms with Crippen molar-refractivity contribution in [3.63, 3.8) is 0 Å². The first-order valence-electron chi connectivity index (χ1n) is 8.94. The summed E-state index contributed by atoms with van der Waals surface area (Å²) >= 11 is 0. The number of amides is 1. The summed E-state index contributed by atoms with van der Waals surface area (Å²) < 4.78 is 27.4. The number of hydrogen-bond donors (Lipinski definition) is 2. The summed E-state index contributed by atoms with van der Waals surface area (Å²) in [4.78, 5) is 20.4. The third-order valence-electron chi connectivity index (χ3n) is 3.83. The van der Waals surface area contributed by atoms with Crippen molar-refractivity contribution in [2.24, 2.45) is 4.99 Å². The SMILES string of the molecule is CN=C(NCCOCCS(C)(=O)=O)N1CCN(CC(=O)NC(C)C)CC1.I. The second-order valence-electron chi connectivity index (χ2n) is 6.70. The molecule has 1 aliphatic heterocycles. The standard InChI is InChI=1S/C16H33N5O4S.HI/c1-14(2)19-15(22)13-20-6-8-21(9-7-20)16(17-3)18-5-10-25-11-12-26(4,23)24;/h14H,5-13H2,1-4H3,(H,17,18)(H,19,22);1H. The van der Waals surface area contributed by atoms with E-state index in [2.05, 4.69) is 25.4 Å². The van der Waals surface area contributed by atoms with Crippen LogP contribution in [0, 0.1) is 0 Å². The summed E-state index contributed by atoms with van der Waals surface area (Å²) in [7, 11) is -1.25. The molecule has 1 aliphatic rings. The van der Waals surface area contributed by atoms with Crippen LogP contribution in [0.1, 0.15) is 13.8 Å². The number of nitrogens with zero attached hydrogens (tertiary/aromatic N) is 3. The molecule has 0 bridgehead atoms. The van der Waals surface area contributed by atoms with Gasteiger partial charge in [0.1, 0.15) is 9.84 Å². The Labute approximate surface area is 180 Å². The highest BCUT2D eigenvalue weighted by Crippen LogP contribution is 2.02. The van der Waals surface area contributed by atoms with E-state index < -0.39 is 9.84 Å². The van der Waals surface area contributed by atoms with Crippen LogP contribution in [-0.2, 0) is 19.4 Å². The van der Waals surface area contributed by atoms with Gasteiger partial charge in [0, 0.05) is 52.1 Å². The highest BCUT2D eigenvalue weighted by molar-refractivity contribution is 14.0. The van der Waals surface area contributed by atoms with Gasteiger partial charge in [-0.15, -0.1) is 24.0 Å². The van der Waals surface area contributed by atoms with E-state index in [-0.39, 0.29) is 48.3 Å². The zero-order valence-electron chi connectivity index (χ0n) is 16.7. The number of nitrogens with one attached hydrogen (secondary N) is 2. The Morgan fingerprint density at radius 2 is 1.81 bits per heavy atom. The van der Waals surface area contributed by atoms with Crippen molar-refractivity contribution in [2.45, 2.75) is 19.9 Å². The largest absolute Gasteiger partial charge is 0.379 e. The fourth-order valence-electron chi connectivity index (χ4n) is 2.57. The molecule has 0 radical (unpaired) electrons. The maximum atomic E-state index is 11.8. The minimum absolute atomic E-state index is 0. The predicted octanol–water partition coefficient (Wildman–Crippen LogP) is -0.617. The number of halogens is 1. The number of aliphatic imine (C=N–C) groups is 1. The maximum Gasteiger partial charge on any atom is 0.234 e. The fraction of sp³-hybridized carbons (Fsp3) is 0.875. The Hall–Kier alpha value is -0.660. The van der Waals surface area contributed by atoms with Crippen LogP contribution in [0.15, 0.2) is 4.99 Å². The van der Waals surface area contributed by atoms with Gasteiger partial charge in [0.25, 0.3) is 0 Å². The average molecular weight is 519 g/mol. The number of carbonyl (C=O) groups is 1. The molecule has 1 heterocycles. The summed E-state index contributed by atoms with van der Waals surface area (Å²) in [5.41, 5.74) is 0. The van der Waals surface area contributed by atoms with Gasteiger partial charge >= 0.3 is 0 Å². The lowest BCUT2D eigenvalue weighted by Gasteiger charge is -2.36. The maximum absolute atomic E-state index is 11.8. The number of sulfone groups is 1. The van der Waals surface area contributed by atoms with Gasteiger partial charge in [-0.25, -0.2) is 8.42 Å². The first-order valence-corrected chi connectivity index (χ1v) is 11.0. The summed E-state index contributed by atoms with van der Waals surface area (Å²) in [6, 6.07) is 0.159. The highest BCUT2D eigenvalue weighted by atomic mass is 127. The number of carbonyl (C=O) groups excluding carboxylic acids is 1. The normalized spacial score (nSPS) is 16.2. The van der Waals surface area contributed by atoms with Crippen LogP contribution >= 0.6 is 24.0 Å². The summed E-state index contributed by atoms with van der Waals surface area (Å²) in [5, 5.41) is 6.13. The molecular weight excluding hydrogens is 485 g/mol. The van der Waals surface area contributed by atoms with Crippen molar-refractivity contribution in [3.8, 4) is 0 Å². The van der Waals surface area contributed by atoms with Crippen LogP contribution < -0.4 is 10.6 Å². The van der Waals surface area contributed by atoms with Gasteiger partial charge in [-0.3, -0.25) is 14.7 Å². The van der Waals surface area contributed by atoms with Gasteiger partial charge in [-0.05, 0) is 13.8 Å². The van der Waals surface area contributed by atoms with Gasteiger partial charge in [0.15, 0.2) is 5.96 Å². The van der Waals surface area contributed by atoms with Crippen LogP contribution in [0.4, 0.5) is 0 Å². The van der Waals surface area contributed by atoms with Crippen molar-refractivity contribution >= 4 is 45.7 Å². The summed E-state index contributed by atoms with van der Waals surface area (Å²) in [6.45, 7) is 8.72. The minimum atomic E-state index is -2.98. The second kappa shape index (κ2) is 13.5. The molecule has 2 N–H and O–H groups in total. The molecule has 0 saturated carbocycles. The quantitative estimate of drug-likeness (QED) is 0.181. The molecule has 11 heteroatoms. The van der Waals surface area contributed by atoms with Gasteiger partial charge in [-0.2, -0.15) is 0 Å². The Balaban J connectivity index is 0.00000676. The van der Waals surface area contributed by atoms with E-state index in [0.29, 0.717) is 19.7 Å². The first kappa shape index (κ1) is 26.3. The zero-order chi connectivity index (χ0) is 19.6. The van der Waals surface area contributed by atoms with E-state index in [0.717, 1.165) is 32.1 Å². The van der Waals surface area contributed by atoms with E-state index in [1.807, 2.05) is 13.8 Å². The summed E-state index contributed by atoms with van der Waals surface area (Å²) in [6.07, 6.45) is 1.20. The van der Waals surface area contributed by atoms with Gasteiger partial charge in [-0.1, -0.05) is 0 Å². The minimum Gasteiger partial charge on any atom is -0.379 e. The van der Waals surface area contributed by atoms with Crippen molar-refractivity contribution in [3.05, 3.63) is 0 Å². The molecule has 0 aromatic rings. The molecule has 1 fully saturated rings. The Kier molecular flexibility index (Phi) is 13.2. The summed E-state index contributed by atoms with van der Waals surface area (Å²) in [5.74, 6) is 0.888. The van der Waals surface area contributed by atoms with Crippen LogP contribution in [-0.4, -0.2) is 108 Å². The molecule has 1 saturated heterocycles. The van der Waals surface area contributed by atoms with Crippen molar-refractivity contribution in [2.75, 3.05) is 71.5 Å². The fourth-order valence-corrected chi connectivity index (χ4v) is 2.99. The van der Waals surface area contributed by atoms with E-state index >= 15 is 0 Å². The van der Waals surface area contributed by atoms with Crippen molar-refractivity contribution in [1.29, 1.82) is 0 Å². The number of hydrogen-bond acceptors (Lipinski definition) is 6. The third-order valence-corrected chi connectivity index (χ3v) is 4.74. The molecule has 0 aromatic carbocycles. The molecule has 1 rings (SSSR count). The number of piperazine rings is 1. The average Bonchev–Trinajstić information content (AvgIpc) is 2.53. The van der Waals surface area contributed by atoms with Crippen molar-refractivity contribution in [1.82, 2.24) is 20.4 Å². The van der Waals surface area contributed by atoms with E-state index in [4.69, 9.17) is 4.74 Å². The number of guanidine groups is 1. The third kappa shape index (κ3) is 12.4.